The molecule has 5 heteroatoms. The summed E-state index contributed by atoms with van der Waals surface area (Å²) in [5.41, 5.74) is 1.16. The van der Waals surface area contributed by atoms with Gasteiger partial charge in [0, 0.05) is 7.11 Å². The monoisotopic (exact) mass is 248 g/mol. The normalized spacial score (nSPS) is 16.9. The van der Waals surface area contributed by atoms with Crippen LogP contribution >= 0.6 is 0 Å². The highest BCUT2D eigenvalue weighted by Gasteiger charge is 2.29. The molecule has 2 amide bonds. The molecule has 0 fully saturated rings. The average Bonchev–Trinajstić information content (AvgIpc) is 2.48. The number of para-hydroxylation sites is 1. The standard InChI is InChI=1S/C13H16N2O3/c1-9(8-18-2)15-11-6-4-3-5-10(11)13(17)14-7-12(15)16/h3-6,9H,7-8H2,1-2H3,(H,14,17). The lowest BCUT2D eigenvalue weighted by Gasteiger charge is -2.28. The van der Waals surface area contributed by atoms with Gasteiger partial charge in [-0.2, -0.15) is 0 Å². The van der Waals surface area contributed by atoms with Crippen molar-refractivity contribution in [1.29, 1.82) is 0 Å². The van der Waals surface area contributed by atoms with Gasteiger partial charge in [-0.15, -0.1) is 0 Å². The van der Waals surface area contributed by atoms with E-state index in [0.29, 0.717) is 17.9 Å². The number of methoxy groups -OCH3 is 1. The molecule has 1 heterocycles. The summed E-state index contributed by atoms with van der Waals surface area (Å²) in [4.78, 5) is 25.6. The number of hydrogen-bond donors (Lipinski definition) is 1. The van der Waals surface area contributed by atoms with E-state index in [4.69, 9.17) is 4.74 Å². The number of carbonyl (C=O) groups is 2. The molecule has 0 saturated carbocycles. The van der Waals surface area contributed by atoms with E-state index in [0.717, 1.165) is 0 Å². The van der Waals surface area contributed by atoms with E-state index in [1.54, 1.807) is 30.2 Å². The van der Waals surface area contributed by atoms with Crippen LogP contribution < -0.4 is 10.2 Å². The van der Waals surface area contributed by atoms with Crippen LogP contribution in [0, 0.1) is 0 Å². The molecule has 2 rings (SSSR count). The summed E-state index contributed by atoms with van der Waals surface area (Å²) < 4.78 is 5.09. The number of nitrogens with zero attached hydrogens (tertiary/aromatic N) is 1. The first kappa shape index (κ1) is 12.6. The van der Waals surface area contributed by atoms with Gasteiger partial charge in [0.15, 0.2) is 0 Å². The quantitative estimate of drug-likeness (QED) is 0.860. The van der Waals surface area contributed by atoms with Gasteiger partial charge in [0.25, 0.3) is 5.91 Å². The van der Waals surface area contributed by atoms with E-state index in [1.165, 1.54) is 0 Å². The van der Waals surface area contributed by atoms with Crippen LogP contribution in [0.15, 0.2) is 24.3 Å². The highest BCUT2D eigenvalue weighted by Crippen LogP contribution is 2.24. The fourth-order valence-corrected chi connectivity index (χ4v) is 2.15. The van der Waals surface area contributed by atoms with Crippen LogP contribution in [0.3, 0.4) is 0 Å². The molecule has 1 aliphatic heterocycles. The summed E-state index contributed by atoms with van der Waals surface area (Å²) >= 11 is 0. The summed E-state index contributed by atoms with van der Waals surface area (Å²) in [6.45, 7) is 2.34. The van der Waals surface area contributed by atoms with Crippen molar-refractivity contribution in [3.8, 4) is 0 Å². The molecule has 0 radical (unpaired) electrons. The Kier molecular flexibility index (Phi) is 3.62. The highest BCUT2D eigenvalue weighted by atomic mass is 16.5. The number of fused-ring (bicyclic) bond motifs is 1. The van der Waals surface area contributed by atoms with Gasteiger partial charge < -0.3 is 15.0 Å². The number of rotatable bonds is 3. The summed E-state index contributed by atoms with van der Waals surface area (Å²) in [5, 5.41) is 2.61. The fraction of sp³-hybridized carbons (Fsp3) is 0.385. The van der Waals surface area contributed by atoms with Crippen LogP contribution in [0.1, 0.15) is 17.3 Å². The molecule has 0 aliphatic carbocycles. The Morgan fingerprint density at radius 2 is 2.11 bits per heavy atom. The Labute approximate surface area is 106 Å². The van der Waals surface area contributed by atoms with Crippen LogP contribution in [0.5, 0.6) is 0 Å². The van der Waals surface area contributed by atoms with Crippen molar-refractivity contribution in [2.45, 2.75) is 13.0 Å². The summed E-state index contributed by atoms with van der Waals surface area (Å²) in [6, 6.07) is 6.99. The first-order valence-corrected chi connectivity index (χ1v) is 5.83. The number of anilines is 1. The van der Waals surface area contributed by atoms with Crippen LogP contribution in [0.25, 0.3) is 0 Å². The van der Waals surface area contributed by atoms with Crippen molar-refractivity contribution in [2.75, 3.05) is 25.2 Å². The topological polar surface area (TPSA) is 58.6 Å². The number of benzene rings is 1. The molecular formula is C13H16N2O3. The number of amides is 2. The zero-order chi connectivity index (χ0) is 13.1. The molecule has 1 aromatic rings. The van der Waals surface area contributed by atoms with Crippen LogP contribution in [0.2, 0.25) is 0 Å². The third-order valence-corrected chi connectivity index (χ3v) is 2.93. The van der Waals surface area contributed by atoms with Crippen molar-refractivity contribution >= 4 is 17.5 Å². The molecule has 0 aromatic heterocycles. The third kappa shape index (κ3) is 2.22. The molecule has 0 saturated heterocycles. The largest absolute Gasteiger partial charge is 0.383 e. The lowest BCUT2D eigenvalue weighted by atomic mass is 10.1. The minimum atomic E-state index is -0.217. The molecule has 1 unspecified atom stereocenters. The predicted molar refractivity (Wildman–Crippen MR) is 67.6 cm³/mol. The van der Waals surface area contributed by atoms with Crippen LogP contribution in [-0.4, -0.2) is 38.1 Å². The van der Waals surface area contributed by atoms with E-state index in [2.05, 4.69) is 5.32 Å². The molecule has 1 aromatic carbocycles. The third-order valence-electron chi connectivity index (χ3n) is 2.93. The van der Waals surface area contributed by atoms with E-state index in [-0.39, 0.29) is 24.4 Å². The first-order chi connectivity index (χ1) is 8.65. The van der Waals surface area contributed by atoms with Gasteiger partial charge >= 0.3 is 0 Å². The van der Waals surface area contributed by atoms with Crippen molar-refractivity contribution in [3.05, 3.63) is 29.8 Å². The van der Waals surface area contributed by atoms with Crippen LogP contribution in [-0.2, 0) is 9.53 Å². The summed E-state index contributed by atoms with van der Waals surface area (Å²) in [6.07, 6.45) is 0. The zero-order valence-corrected chi connectivity index (χ0v) is 10.5. The minimum Gasteiger partial charge on any atom is -0.383 e. The van der Waals surface area contributed by atoms with Gasteiger partial charge in [-0.1, -0.05) is 12.1 Å². The number of carbonyl (C=O) groups excluding carboxylic acids is 2. The molecule has 0 spiro atoms. The fourth-order valence-electron chi connectivity index (χ4n) is 2.15. The van der Waals surface area contributed by atoms with Gasteiger partial charge in [-0.05, 0) is 19.1 Å². The first-order valence-electron chi connectivity index (χ1n) is 5.83. The second-order valence-electron chi connectivity index (χ2n) is 4.27. The Balaban J connectivity index is 2.46. The molecule has 5 nitrogen and oxygen atoms in total. The Bertz CT molecular complexity index is 473. The molecule has 96 valence electrons. The second kappa shape index (κ2) is 5.18. The van der Waals surface area contributed by atoms with E-state index < -0.39 is 0 Å². The minimum absolute atomic E-state index is 0.0154. The molecule has 1 atom stereocenters. The maximum absolute atomic E-state index is 12.1. The van der Waals surface area contributed by atoms with Gasteiger partial charge in [0.2, 0.25) is 5.91 Å². The summed E-state index contributed by atoms with van der Waals surface area (Å²) in [7, 11) is 1.59. The predicted octanol–water partition coefficient (Wildman–Crippen LogP) is 0.798. The van der Waals surface area contributed by atoms with Crippen molar-refractivity contribution in [3.63, 3.8) is 0 Å². The van der Waals surface area contributed by atoms with Crippen molar-refractivity contribution in [2.24, 2.45) is 0 Å². The Hall–Kier alpha value is -1.88. The maximum atomic E-state index is 12.1. The lowest BCUT2D eigenvalue weighted by Crippen LogP contribution is -2.44. The number of hydrogen-bond acceptors (Lipinski definition) is 3. The smallest absolute Gasteiger partial charge is 0.253 e. The molecule has 0 bridgehead atoms. The molecule has 18 heavy (non-hydrogen) atoms. The maximum Gasteiger partial charge on any atom is 0.253 e. The van der Waals surface area contributed by atoms with Gasteiger partial charge in [-0.3, -0.25) is 9.59 Å². The number of ether oxygens (including phenoxy) is 1. The highest BCUT2D eigenvalue weighted by molar-refractivity contribution is 6.09. The van der Waals surface area contributed by atoms with Crippen LogP contribution in [0.4, 0.5) is 5.69 Å². The lowest BCUT2D eigenvalue weighted by molar-refractivity contribution is -0.118. The molecule has 1 N–H and O–H groups in total. The molecular weight excluding hydrogens is 232 g/mol. The van der Waals surface area contributed by atoms with Crippen molar-refractivity contribution in [1.82, 2.24) is 5.32 Å². The zero-order valence-electron chi connectivity index (χ0n) is 10.5. The van der Waals surface area contributed by atoms with E-state index in [9.17, 15) is 9.59 Å². The van der Waals surface area contributed by atoms with E-state index in [1.807, 2.05) is 13.0 Å². The van der Waals surface area contributed by atoms with Crippen molar-refractivity contribution < 1.29 is 14.3 Å². The second-order valence-corrected chi connectivity index (χ2v) is 4.27. The van der Waals surface area contributed by atoms with Gasteiger partial charge in [0.05, 0.1) is 30.4 Å². The van der Waals surface area contributed by atoms with Gasteiger partial charge in [0.1, 0.15) is 0 Å². The van der Waals surface area contributed by atoms with E-state index >= 15 is 0 Å². The average molecular weight is 248 g/mol. The van der Waals surface area contributed by atoms with Gasteiger partial charge in [-0.25, -0.2) is 0 Å². The Morgan fingerprint density at radius 3 is 2.83 bits per heavy atom. The summed E-state index contributed by atoms with van der Waals surface area (Å²) in [5.74, 6) is -0.344. The SMILES string of the molecule is COCC(C)N1C(=O)CNC(=O)c2ccccc21. The number of nitrogens with one attached hydrogen (secondary N) is 1. The molecule has 1 aliphatic rings. The Morgan fingerprint density at radius 1 is 1.39 bits per heavy atom.